The first-order valence-electron chi connectivity index (χ1n) is 7.08. The van der Waals surface area contributed by atoms with Crippen molar-refractivity contribution in [2.75, 3.05) is 0 Å². The molecule has 0 atom stereocenters. The van der Waals surface area contributed by atoms with Gasteiger partial charge in [-0.2, -0.15) is 0 Å². The van der Waals surface area contributed by atoms with E-state index in [2.05, 4.69) is 12.1 Å². The second-order valence-corrected chi connectivity index (χ2v) is 5.07. The molecule has 0 saturated heterocycles. The molecule has 3 nitrogen and oxygen atoms in total. The van der Waals surface area contributed by atoms with Gasteiger partial charge in [0.2, 0.25) is 5.58 Å². The number of hydrogen-bond acceptors (Lipinski definition) is 3. The molecular formula is C15H23NO2. The molecule has 0 saturated carbocycles. The Hall–Kier alpha value is -1.25. The molecule has 18 heavy (non-hydrogen) atoms. The molecule has 0 bridgehead atoms. The van der Waals surface area contributed by atoms with Crippen molar-refractivity contribution in [2.24, 2.45) is 0 Å². The third-order valence-electron chi connectivity index (χ3n) is 3.51. The average molecular weight is 249 g/mol. The van der Waals surface area contributed by atoms with Crippen LogP contribution in [0.5, 0.6) is 0 Å². The van der Waals surface area contributed by atoms with Crippen LogP contribution in [0.4, 0.5) is 0 Å². The largest absolute Gasteiger partial charge is 0.462 e. The summed E-state index contributed by atoms with van der Waals surface area (Å²) in [6.07, 6.45) is 8.82. The van der Waals surface area contributed by atoms with Crippen LogP contribution in [-0.2, 0) is 6.42 Å². The molecule has 2 aromatic heterocycles. The van der Waals surface area contributed by atoms with Crippen LogP contribution >= 0.6 is 0 Å². The number of nitrogens with zero attached hydrogens (tertiary/aromatic N) is 1. The Bertz CT molecular complexity index is 496. The maximum Gasteiger partial charge on any atom is 0.208 e. The van der Waals surface area contributed by atoms with E-state index in [0.717, 1.165) is 34.6 Å². The molecule has 0 N–H and O–H groups in total. The van der Waals surface area contributed by atoms with Crippen LogP contribution in [-0.4, -0.2) is 5.16 Å². The Morgan fingerprint density at radius 2 is 1.67 bits per heavy atom. The number of aromatic nitrogens is 1. The molecule has 2 aromatic rings. The summed E-state index contributed by atoms with van der Waals surface area (Å²) in [5.74, 6) is 1.77. The molecule has 3 heteroatoms. The van der Waals surface area contributed by atoms with Gasteiger partial charge in [-0.25, -0.2) is 0 Å². The van der Waals surface area contributed by atoms with Crippen LogP contribution in [0.1, 0.15) is 62.7 Å². The first-order chi connectivity index (χ1) is 8.74. The van der Waals surface area contributed by atoms with Gasteiger partial charge >= 0.3 is 0 Å². The minimum absolute atomic E-state index is 0.827. The van der Waals surface area contributed by atoms with Crippen LogP contribution < -0.4 is 0 Å². The lowest BCUT2D eigenvalue weighted by atomic mass is 10.1. The zero-order valence-corrected chi connectivity index (χ0v) is 11.7. The minimum Gasteiger partial charge on any atom is -0.462 e. The molecule has 0 aromatic carbocycles. The van der Waals surface area contributed by atoms with E-state index in [1.165, 1.54) is 38.5 Å². The van der Waals surface area contributed by atoms with E-state index < -0.39 is 0 Å². The quantitative estimate of drug-likeness (QED) is 0.652. The third-order valence-corrected chi connectivity index (χ3v) is 3.51. The fraction of sp³-hybridized carbons (Fsp3) is 0.667. The lowest BCUT2D eigenvalue weighted by Crippen LogP contribution is -1.87. The van der Waals surface area contributed by atoms with Gasteiger partial charge in [-0.05, 0) is 26.7 Å². The summed E-state index contributed by atoms with van der Waals surface area (Å²) < 4.78 is 10.9. The van der Waals surface area contributed by atoms with Gasteiger partial charge in [0, 0.05) is 0 Å². The molecule has 0 aliphatic heterocycles. The summed E-state index contributed by atoms with van der Waals surface area (Å²) in [4.78, 5) is 0. The molecule has 0 aliphatic carbocycles. The van der Waals surface area contributed by atoms with Gasteiger partial charge in [0.15, 0.2) is 0 Å². The molecule has 0 fully saturated rings. The Balaban J connectivity index is 1.88. The number of fused-ring (bicyclic) bond motifs is 1. The predicted molar refractivity (Wildman–Crippen MR) is 72.8 cm³/mol. The Labute approximate surface area is 109 Å². The highest BCUT2D eigenvalue weighted by Gasteiger charge is 2.16. The van der Waals surface area contributed by atoms with Gasteiger partial charge in [-0.3, -0.25) is 0 Å². The fourth-order valence-corrected chi connectivity index (χ4v) is 2.50. The average Bonchev–Trinajstić information content (AvgIpc) is 2.88. The lowest BCUT2D eigenvalue weighted by Gasteiger charge is -1.98. The maximum atomic E-state index is 5.57. The molecule has 100 valence electrons. The van der Waals surface area contributed by atoms with Crippen LogP contribution in [0.3, 0.4) is 0 Å². The second-order valence-electron chi connectivity index (χ2n) is 5.07. The van der Waals surface area contributed by atoms with Crippen molar-refractivity contribution in [3.63, 3.8) is 0 Å². The van der Waals surface area contributed by atoms with E-state index in [0.29, 0.717) is 0 Å². The summed E-state index contributed by atoms with van der Waals surface area (Å²) in [6, 6.07) is 0. The zero-order valence-electron chi connectivity index (χ0n) is 11.7. The van der Waals surface area contributed by atoms with E-state index in [1.807, 2.05) is 13.8 Å². The Morgan fingerprint density at radius 3 is 2.44 bits per heavy atom. The second kappa shape index (κ2) is 6.07. The third kappa shape index (κ3) is 2.77. The molecule has 0 spiro atoms. The van der Waals surface area contributed by atoms with Gasteiger partial charge in [0.05, 0.1) is 11.1 Å². The van der Waals surface area contributed by atoms with E-state index in [9.17, 15) is 0 Å². The number of hydrogen-bond donors (Lipinski definition) is 0. The smallest absolute Gasteiger partial charge is 0.208 e. The minimum atomic E-state index is 0.827. The molecule has 0 aliphatic rings. The van der Waals surface area contributed by atoms with Gasteiger partial charge < -0.3 is 8.94 Å². The van der Waals surface area contributed by atoms with E-state index in [-0.39, 0.29) is 0 Å². The summed E-state index contributed by atoms with van der Waals surface area (Å²) in [5.41, 5.74) is 1.89. The zero-order chi connectivity index (χ0) is 13.0. The highest BCUT2D eigenvalue weighted by Crippen LogP contribution is 2.28. The summed E-state index contributed by atoms with van der Waals surface area (Å²) >= 11 is 0. The van der Waals surface area contributed by atoms with Crippen molar-refractivity contribution in [3.8, 4) is 0 Å². The standard InChI is InChI=1S/C15H23NO2/c1-4-5-6-7-8-9-10-13-14-11(2)17-12(3)15(14)18-16-13/h4-10H2,1-3H3. The van der Waals surface area contributed by atoms with Crippen molar-refractivity contribution in [3.05, 3.63) is 17.2 Å². The predicted octanol–water partition coefficient (Wildman–Crippen LogP) is 4.94. The maximum absolute atomic E-state index is 5.57. The first kappa shape index (κ1) is 13.2. The van der Waals surface area contributed by atoms with Gasteiger partial charge in [-0.1, -0.05) is 44.2 Å². The molecule has 2 heterocycles. The molecule has 0 amide bonds. The van der Waals surface area contributed by atoms with E-state index in [1.54, 1.807) is 0 Å². The number of unbranched alkanes of at least 4 members (excludes halogenated alkanes) is 5. The van der Waals surface area contributed by atoms with Crippen LogP contribution in [0.15, 0.2) is 8.94 Å². The topological polar surface area (TPSA) is 39.2 Å². The van der Waals surface area contributed by atoms with E-state index >= 15 is 0 Å². The van der Waals surface area contributed by atoms with Crippen molar-refractivity contribution in [2.45, 2.75) is 65.7 Å². The SMILES string of the molecule is CCCCCCCCc1noc2c(C)oc(C)c12. The molecular weight excluding hydrogens is 226 g/mol. The number of furan rings is 1. The summed E-state index contributed by atoms with van der Waals surface area (Å²) in [6.45, 7) is 6.16. The Kier molecular flexibility index (Phi) is 4.45. The highest BCUT2D eigenvalue weighted by atomic mass is 16.5. The Morgan fingerprint density at radius 1 is 0.944 bits per heavy atom. The first-order valence-corrected chi connectivity index (χ1v) is 7.08. The van der Waals surface area contributed by atoms with Crippen molar-refractivity contribution in [1.82, 2.24) is 5.16 Å². The van der Waals surface area contributed by atoms with Gasteiger partial charge in [-0.15, -0.1) is 0 Å². The van der Waals surface area contributed by atoms with Crippen LogP contribution in [0, 0.1) is 13.8 Å². The highest BCUT2D eigenvalue weighted by molar-refractivity contribution is 5.83. The van der Waals surface area contributed by atoms with Crippen LogP contribution in [0.25, 0.3) is 11.0 Å². The monoisotopic (exact) mass is 249 g/mol. The van der Waals surface area contributed by atoms with Crippen molar-refractivity contribution >= 4 is 11.0 Å². The lowest BCUT2D eigenvalue weighted by molar-refractivity contribution is 0.424. The molecule has 2 rings (SSSR count). The van der Waals surface area contributed by atoms with E-state index in [4.69, 9.17) is 8.94 Å². The number of rotatable bonds is 7. The molecule has 0 unspecified atom stereocenters. The van der Waals surface area contributed by atoms with Crippen molar-refractivity contribution < 1.29 is 8.94 Å². The number of aryl methyl sites for hydroxylation is 3. The molecule has 0 radical (unpaired) electrons. The van der Waals surface area contributed by atoms with Crippen LogP contribution in [0.2, 0.25) is 0 Å². The van der Waals surface area contributed by atoms with Crippen molar-refractivity contribution in [1.29, 1.82) is 0 Å². The van der Waals surface area contributed by atoms with Gasteiger partial charge in [0.1, 0.15) is 11.5 Å². The summed E-state index contributed by atoms with van der Waals surface area (Å²) in [7, 11) is 0. The van der Waals surface area contributed by atoms with Gasteiger partial charge in [0.25, 0.3) is 0 Å². The normalized spacial score (nSPS) is 11.5. The summed E-state index contributed by atoms with van der Waals surface area (Å²) in [5, 5.41) is 5.27. The fourth-order valence-electron chi connectivity index (χ4n) is 2.50.